The fourth-order valence-electron chi connectivity index (χ4n) is 1.12. The van der Waals surface area contributed by atoms with E-state index < -0.39 is 11.9 Å². The van der Waals surface area contributed by atoms with Crippen molar-refractivity contribution >= 4 is 0 Å². The topological polar surface area (TPSA) is 41.6 Å². The Morgan fingerprint density at radius 1 is 1.13 bits per heavy atom. The van der Waals surface area contributed by atoms with E-state index in [9.17, 15) is 13.2 Å². The molecule has 0 aliphatic rings. The lowest BCUT2D eigenvalue weighted by atomic mass is 10.2. The molecule has 0 unspecified atom stereocenters. The van der Waals surface area contributed by atoms with E-state index in [-0.39, 0.29) is 0 Å². The molecular weight excluding hydrogens is 207 g/mol. The van der Waals surface area contributed by atoms with Crippen molar-refractivity contribution in [3.8, 4) is 11.4 Å². The molecule has 0 aliphatic heterocycles. The van der Waals surface area contributed by atoms with E-state index in [0.717, 1.165) is 12.3 Å². The van der Waals surface area contributed by atoms with Gasteiger partial charge < -0.3 is 4.98 Å². The predicted molar refractivity (Wildman–Crippen MR) is 46.8 cm³/mol. The van der Waals surface area contributed by atoms with Crippen molar-refractivity contribution in [2.45, 2.75) is 6.18 Å². The molecule has 1 N–H and O–H groups in total. The number of nitrogens with zero attached hydrogens (tertiary/aromatic N) is 2. The van der Waals surface area contributed by atoms with Crippen LogP contribution in [0.2, 0.25) is 0 Å². The summed E-state index contributed by atoms with van der Waals surface area (Å²) in [6, 6.07) is 2.26. The number of rotatable bonds is 1. The van der Waals surface area contributed by atoms with E-state index in [1.165, 1.54) is 12.3 Å². The second-order valence-corrected chi connectivity index (χ2v) is 2.87. The molecule has 0 fully saturated rings. The summed E-state index contributed by atoms with van der Waals surface area (Å²) in [4.78, 5) is 10.0. The summed E-state index contributed by atoms with van der Waals surface area (Å²) >= 11 is 0. The highest BCUT2D eigenvalue weighted by Crippen LogP contribution is 2.28. The van der Waals surface area contributed by atoms with Gasteiger partial charge in [0.1, 0.15) is 11.5 Å². The summed E-state index contributed by atoms with van der Waals surface area (Å²) in [5.41, 5.74) is -0.384. The predicted octanol–water partition coefficient (Wildman–Crippen LogP) is 2.49. The smallest absolute Gasteiger partial charge is 0.345 e. The maximum Gasteiger partial charge on any atom is 0.433 e. The number of hydrogen-bond acceptors (Lipinski definition) is 2. The number of imidazole rings is 1. The number of halogens is 3. The Kier molecular flexibility index (Phi) is 2.18. The second-order valence-electron chi connectivity index (χ2n) is 2.87. The van der Waals surface area contributed by atoms with Gasteiger partial charge in [-0.05, 0) is 12.1 Å². The molecule has 3 nitrogen and oxygen atoms in total. The molecule has 0 atom stereocenters. The van der Waals surface area contributed by atoms with Crippen molar-refractivity contribution in [2.24, 2.45) is 0 Å². The van der Waals surface area contributed by atoms with Crippen molar-refractivity contribution in [1.82, 2.24) is 15.0 Å². The van der Waals surface area contributed by atoms with Crippen LogP contribution in [0.3, 0.4) is 0 Å². The molecule has 0 aromatic carbocycles. The van der Waals surface area contributed by atoms with E-state index >= 15 is 0 Å². The van der Waals surface area contributed by atoms with Gasteiger partial charge >= 0.3 is 6.18 Å². The van der Waals surface area contributed by atoms with Gasteiger partial charge in [-0.3, -0.25) is 4.98 Å². The molecule has 0 amide bonds. The van der Waals surface area contributed by atoms with Crippen LogP contribution < -0.4 is 0 Å². The summed E-state index contributed by atoms with van der Waals surface area (Å²) in [7, 11) is 0. The third-order valence-electron chi connectivity index (χ3n) is 1.83. The van der Waals surface area contributed by atoms with Gasteiger partial charge in [0.2, 0.25) is 0 Å². The molecule has 0 aliphatic carbocycles. The Labute approximate surface area is 83.0 Å². The maximum absolute atomic E-state index is 12.2. The molecule has 78 valence electrons. The number of nitrogens with one attached hydrogen (secondary N) is 1. The van der Waals surface area contributed by atoms with Crippen molar-refractivity contribution in [3.63, 3.8) is 0 Å². The van der Waals surface area contributed by atoms with Crippen LogP contribution in [0, 0.1) is 0 Å². The number of H-pyrrole nitrogens is 1. The molecule has 2 aromatic rings. The number of aromatic nitrogens is 3. The molecule has 0 saturated heterocycles. The van der Waals surface area contributed by atoms with E-state index in [0.29, 0.717) is 11.4 Å². The normalized spacial score (nSPS) is 11.7. The van der Waals surface area contributed by atoms with E-state index in [4.69, 9.17) is 0 Å². The van der Waals surface area contributed by atoms with Gasteiger partial charge in [0.25, 0.3) is 0 Å². The lowest BCUT2D eigenvalue weighted by molar-refractivity contribution is -0.141. The van der Waals surface area contributed by atoms with Crippen LogP contribution in [-0.2, 0) is 6.18 Å². The van der Waals surface area contributed by atoms with Crippen LogP contribution in [0.25, 0.3) is 11.4 Å². The summed E-state index contributed by atoms with van der Waals surface area (Å²) in [6.07, 6.45) is -0.149. The van der Waals surface area contributed by atoms with Gasteiger partial charge in [0.15, 0.2) is 0 Å². The van der Waals surface area contributed by atoms with E-state index in [1.54, 1.807) is 6.20 Å². The van der Waals surface area contributed by atoms with Gasteiger partial charge in [-0.25, -0.2) is 4.98 Å². The molecule has 0 radical (unpaired) electrons. The maximum atomic E-state index is 12.2. The van der Waals surface area contributed by atoms with Crippen LogP contribution in [0.1, 0.15) is 5.69 Å². The Bertz CT molecular complexity index is 431. The van der Waals surface area contributed by atoms with Crippen molar-refractivity contribution < 1.29 is 13.2 Å². The molecule has 2 rings (SSSR count). The zero-order chi connectivity index (χ0) is 10.9. The zero-order valence-electron chi connectivity index (χ0n) is 7.42. The van der Waals surface area contributed by atoms with Gasteiger partial charge in [0, 0.05) is 24.2 Å². The molecular formula is C9H6F3N3. The third-order valence-corrected chi connectivity index (χ3v) is 1.83. The highest BCUT2D eigenvalue weighted by atomic mass is 19.4. The van der Waals surface area contributed by atoms with Crippen LogP contribution >= 0.6 is 0 Å². The van der Waals surface area contributed by atoms with E-state index in [1.807, 2.05) is 0 Å². The first-order chi connectivity index (χ1) is 7.07. The minimum Gasteiger partial charge on any atom is -0.345 e. The molecule has 2 aromatic heterocycles. The minimum absolute atomic E-state index is 0.497. The van der Waals surface area contributed by atoms with Crippen LogP contribution in [0.4, 0.5) is 13.2 Å². The largest absolute Gasteiger partial charge is 0.433 e. The summed E-state index contributed by atoms with van der Waals surface area (Å²) in [5, 5.41) is 0. The number of hydrogen-bond donors (Lipinski definition) is 1. The fourth-order valence-corrected chi connectivity index (χ4v) is 1.12. The van der Waals surface area contributed by atoms with Crippen molar-refractivity contribution in [2.75, 3.05) is 0 Å². The van der Waals surface area contributed by atoms with Crippen molar-refractivity contribution in [3.05, 3.63) is 36.4 Å². The number of aromatic amines is 1. The highest BCUT2D eigenvalue weighted by Gasteiger charge is 2.32. The molecule has 0 saturated carbocycles. The average Bonchev–Trinajstić information content (AvgIpc) is 2.69. The Morgan fingerprint density at radius 3 is 2.40 bits per heavy atom. The molecule has 2 heterocycles. The summed E-state index contributed by atoms with van der Waals surface area (Å²) < 4.78 is 36.5. The minimum atomic E-state index is -4.40. The molecule has 0 bridgehead atoms. The lowest BCUT2D eigenvalue weighted by Gasteiger charge is -2.05. The van der Waals surface area contributed by atoms with Gasteiger partial charge in [-0.1, -0.05) is 0 Å². The second kappa shape index (κ2) is 3.38. The van der Waals surface area contributed by atoms with Crippen LogP contribution in [0.5, 0.6) is 0 Å². The number of alkyl halides is 3. The lowest BCUT2D eigenvalue weighted by Crippen LogP contribution is -2.07. The standard InChI is InChI=1S/C9H6F3N3/c10-9(11,12)7-2-1-6(5-15-7)8-13-3-4-14-8/h1-5H,(H,13,14). The first-order valence-electron chi connectivity index (χ1n) is 4.10. The SMILES string of the molecule is FC(F)(F)c1ccc(-c2ncc[nH]2)cn1. The Hall–Kier alpha value is -1.85. The molecule has 6 heteroatoms. The fraction of sp³-hybridized carbons (Fsp3) is 0.111. The monoisotopic (exact) mass is 213 g/mol. The molecule has 0 spiro atoms. The van der Waals surface area contributed by atoms with Crippen LogP contribution in [0.15, 0.2) is 30.7 Å². The molecule has 15 heavy (non-hydrogen) atoms. The van der Waals surface area contributed by atoms with E-state index in [2.05, 4.69) is 15.0 Å². The van der Waals surface area contributed by atoms with Crippen molar-refractivity contribution in [1.29, 1.82) is 0 Å². The summed E-state index contributed by atoms with van der Waals surface area (Å²) in [5.74, 6) is 0.497. The summed E-state index contributed by atoms with van der Waals surface area (Å²) in [6.45, 7) is 0. The zero-order valence-corrected chi connectivity index (χ0v) is 7.42. The first kappa shape index (κ1) is 9.70. The average molecular weight is 213 g/mol. The van der Waals surface area contributed by atoms with Gasteiger partial charge in [0.05, 0.1) is 0 Å². The van der Waals surface area contributed by atoms with Gasteiger partial charge in [-0.2, -0.15) is 13.2 Å². The third kappa shape index (κ3) is 1.98. The van der Waals surface area contributed by atoms with Gasteiger partial charge in [-0.15, -0.1) is 0 Å². The quantitative estimate of drug-likeness (QED) is 0.790. The number of pyridine rings is 1. The van der Waals surface area contributed by atoms with Crippen LogP contribution in [-0.4, -0.2) is 15.0 Å². The Morgan fingerprint density at radius 2 is 1.93 bits per heavy atom. The first-order valence-corrected chi connectivity index (χ1v) is 4.10. The highest BCUT2D eigenvalue weighted by molar-refractivity contribution is 5.53. The Balaban J connectivity index is 2.33.